The molecule has 6 nitrogen and oxygen atoms in total. The summed E-state index contributed by atoms with van der Waals surface area (Å²) >= 11 is 0. The van der Waals surface area contributed by atoms with Gasteiger partial charge in [0.15, 0.2) is 0 Å². The molecule has 0 amide bonds. The largest absolute Gasteiger partial charge is 0.501 e. The van der Waals surface area contributed by atoms with Crippen LogP contribution >= 0.6 is 0 Å². The van der Waals surface area contributed by atoms with Crippen LogP contribution in [0, 0.1) is 0 Å². The molecule has 0 aliphatic carbocycles. The monoisotopic (exact) mass is 294 g/mol. The van der Waals surface area contributed by atoms with Crippen molar-refractivity contribution in [2.24, 2.45) is 0 Å². The second kappa shape index (κ2) is 7.74. The summed E-state index contributed by atoms with van der Waals surface area (Å²) < 4.78 is 15.5. The van der Waals surface area contributed by atoms with Gasteiger partial charge in [0.25, 0.3) is 0 Å². The van der Waals surface area contributed by atoms with Crippen molar-refractivity contribution in [3.05, 3.63) is 38.0 Å². The van der Waals surface area contributed by atoms with Gasteiger partial charge in [-0.25, -0.2) is 0 Å². The average Bonchev–Trinajstić information content (AvgIpc) is 2.47. The fourth-order valence-corrected chi connectivity index (χ4v) is 1.48. The summed E-state index contributed by atoms with van der Waals surface area (Å²) in [5.74, 6) is -2.44. The summed E-state index contributed by atoms with van der Waals surface area (Å²) in [5.41, 5.74) is 0. The molecule has 0 fully saturated rings. The molecule has 0 saturated heterocycles. The molecular formula is C15H18O6. The van der Waals surface area contributed by atoms with Gasteiger partial charge < -0.3 is 29.5 Å². The highest BCUT2D eigenvalue weighted by molar-refractivity contribution is 5.72. The lowest BCUT2D eigenvalue weighted by atomic mass is 10.2. The van der Waals surface area contributed by atoms with E-state index in [9.17, 15) is 15.3 Å². The van der Waals surface area contributed by atoms with E-state index in [4.69, 9.17) is 14.2 Å². The number of phenolic OH excluding ortho intramolecular Hbond substituents is 3. The summed E-state index contributed by atoms with van der Waals surface area (Å²) in [6.07, 6.45) is 4.29. The number of benzene rings is 1. The van der Waals surface area contributed by atoms with Crippen molar-refractivity contribution in [2.45, 2.75) is 0 Å². The van der Waals surface area contributed by atoms with Gasteiger partial charge >= 0.3 is 0 Å². The molecule has 1 aromatic rings. The van der Waals surface area contributed by atoms with Crippen LogP contribution in [0.3, 0.4) is 0 Å². The number of rotatable bonds is 9. The molecule has 0 spiro atoms. The smallest absolute Gasteiger partial charge is 0.211 e. The second-order valence-corrected chi connectivity index (χ2v) is 3.83. The van der Waals surface area contributed by atoms with Gasteiger partial charge in [-0.2, -0.15) is 0 Å². The van der Waals surface area contributed by atoms with Gasteiger partial charge in [-0.1, -0.05) is 38.0 Å². The van der Waals surface area contributed by atoms with Crippen molar-refractivity contribution < 1.29 is 29.5 Å². The number of ether oxygens (including phenoxy) is 3. The average molecular weight is 294 g/mol. The van der Waals surface area contributed by atoms with Crippen molar-refractivity contribution in [1.82, 2.24) is 0 Å². The topological polar surface area (TPSA) is 88.4 Å². The minimum Gasteiger partial charge on any atom is -0.501 e. The Hall–Kier alpha value is -2.76. The predicted octanol–water partition coefficient (Wildman–Crippen LogP) is 2.50. The maximum atomic E-state index is 10.0. The van der Waals surface area contributed by atoms with E-state index in [-0.39, 0.29) is 37.1 Å². The molecule has 0 aromatic heterocycles. The number of aromatic hydroxyl groups is 3. The lowest BCUT2D eigenvalue weighted by Crippen LogP contribution is -2.01. The zero-order valence-electron chi connectivity index (χ0n) is 11.5. The van der Waals surface area contributed by atoms with E-state index in [1.54, 1.807) is 0 Å². The maximum Gasteiger partial charge on any atom is 0.211 e. The standard InChI is InChI=1S/C15H18O6/c1-4-7-19-13-10(16)14(20-8-5-2)12(18)15(11(13)17)21-9-6-3/h4-6,16-18H,1-3,7-9H2. The Morgan fingerprint density at radius 1 is 0.619 bits per heavy atom. The lowest BCUT2D eigenvalue weighted by molar-refractivity contribution is 0.257. The van der Waals surface area contributed by atoms with Crippen LogP contribution < -0.4 is 14.2 Å². The molecule has 1 rings (SSSR count). The van der Waals surface area contributed by atoms with Gasteiger partial charge in [0, 0.05) is 0 Å². The molecular weight excluding hydrogens is 276 g/mol. The lowest BCUT2D eigenvalue weighted by Gasteiger charge is -2.17. The Morgan fingerprint density at radius 2 is 0.857 bits per heavy atom. The van der Waals surface area contributed by atoms with Crippen LogP contribution in [0.4, 0.5) is 0 Å². The van der Waals surface area contributed by atoms with Gasteiger partial charge in [0.05, 0.1) is 0 Å². The molecule has 6 heteroatoms. The molecule has 0 aliphatic rings. The fraction of sp³-hybridized carbons (Fsp3) is 0.200. The quantitative estimate of drug-likeness (QED) is 0.606. The second-order valence-electron chi connectivity index (χ2n) is 3.83. The highest BCUT2D eigenvalue weighted by Crippen LogP contribution is 2.56. The first kappa shape index (κ1) is 16.3. The Bertz CT molecular complexity index is 438. The predicted molar refractivity (Wildman–Crippen MR) is 78.5 cm³/mol. The van der Waals surface area contributed by atoms with Crippen LogP contribution in [0.1, 0.15) is 0 Å². The number of hydrogen-bond donors (Lipinski definition) is 3. The van der Waals surface area contributed by atoms with Crippen LogP contribution in [0.25, 0.3) is 0 Å². The molecule has 0 atom stereocenters. The van der Waals surface area contributed by atoms with E-state index in [0.717, 1.165) is 0 Å². The van der Waals surface area contributed by atoms with Gasteiger partial charge in [0.2, 0.25) is 34.5 Å². The van der Waals surface area contributed by atoms with Gasteiger partial charge in [-0.3, -0.25) is 0 Å². The molecule has 0 aliphatic heterocycles. The maximum absolute atomic E-state index is 10.0. The first-order valence-corrected chi connectivity index (χ1v) is 6.10. The molecule has 0 unspecified atom stereocenters. The van der Waals surface area contributed by atoms with Crippen molar-refractivity contribution >= 4 is 0 Å². The van der Waals surface area contributed by atoms with Gasteiger partial charge in [-0.15, -0.1) is 0 Å². The third-order valence-corrected chi connectivity index (χ3v) is 2.33. The summed E-state index contributed by atoms with van der Waals surface area (Å²) in [6.45, 7) is 10.5. The van der Waals surface area contributed by atoms with Crippen LogP contribution in [0.15, 0.2) is 38.0 Å². The van der Waals surface area contributed by atoms with E-state index in [0.29, 0.717) is 0 Å². The zero-order chi connectivity index (χ0) is 15.8. The van der Waals surface area contributed by atoms with Crippen LogP contribution in [0.2, 0.25) is 0 Å². The highest BCUT2D eigenvalue weighted by atomic mass is 16.5. The number of phenols is 3. The van der Waals surface area contributed by atoms with Crippen LogP contribution in [-0.4, -0.2) is 35.1 Å². The molecule has 0 saturated carbocycles. The summed E-state index contributed by atoms with van der Waals surface area (Å²) in [6, 6.07) is 0. The summed E-state index contributed by atoms with van der Waals surface area (Å²) in [5, 5.41) is 30.1. The van der Waals surface area contributed by atoms with Crippen molar-refractivity contribution in [3.8, 4) is 34.5 Å². The third kappa shape index (κ3) is 3.62. The van der Waals surface area contributed by atoms with E-state index in [1.807, 2.05) is 0 Å². The van der Waals surface area contributed by atoms with Crippen LogP contribution in [0.5, 0.6) is 34.5 Å². The Balaban J connectivity index is 3.36. The SMILES string of the molecule is C=CCOc1c(O)c(OCC=C)c(O)c(OCC=C)c1O. The molecule has 1 aromatic carbocycles. The summed E-state index contributed by atoms with van der Waals surface area (Å²) in [7, 11) is 0. The fourth-order valence-electron chi connectivity index (χ4n) is 1.48. The first-order chi connectivity index (χ1) is 10.1. The molecule has 21 heavy (non-hydrogen) atoms. The Morgan fingerprint density at radius 3 is 1.05 bits per heavy atom. The van der Waals surface area contributed by atoms with E-state index in [1.165, 1.54) is 18.2 Å². The molecule has 0 radical (unpaired) electrons. The minimum atomic E-state index is -0.542. The highest BCUT2D eigenvalue weighted by Gasteiger charge is 2.27. The Kier molecular flexibility index (Phi) is 6.00. The van der Waals surface area contributed by atoms with Crippen molar-refractivity contribution in [3.63, 3.8) is 0 Å². The van der Waals surface area contributed by atoms with E-state index < -0.39 is 17.2 Å². The van der Waals surface area contributed by atoms with Crippen molar-refractivity contribution in [1.29, 1.82) is 0 Å². The minimum absolute atomic E-state index is 0.0354. The van der Waals surface area contributed by atoms with Gasteiger partial charge in [0.1, 0.15) is 19.8 Å². The molecule has 3 N–H and O–H groups in total. The molecule has 0 heterocycles. The van der Waals surface area contributed by atoms with Crippen LogP contribution in [-0.2, 0) is 0 Å². The Labute approximate surface area is 122 Å². The van der Waals surface area contributed by atoms with Gasteiger partial charge in [-0.05, 0) is 0 Å². The first-order valence-electron chi connectivity index (χ1n) is 6.10. The summed E-state index contributed by atoms with van der Waals surface area (Å²) in [4.78, 5) is 0. The van der Waals surface area contributed by atoms with Crippen molar-refractivity contribution in [2.75, 3.05) is 19.8 Å². The third-order valence-electron chi connectivity index (χ3n) is 2.33. The van der Waals surface area contributed by atoms with E-state index in [2.05, 4.69) is 19.7 Å². The molecule has 114 valence electrons. The molecule has 0 bridgehead atoms. The number of hydrogen-bond acceptors (Lipinski definition) is 6. The zero-order valence-corrected chi connectivity index (χ0v) is 11.5. The normalized spacial score (nSPS) is 9.71. The van der Waals surface area contributed by atoms with E-state index >= 15 is 0 Å².